The van der Waals surface area contributed by atoms with Crippen LogP contribution in [0.4, 0.5) is 0 Å². The molecule has 78 valence electrons. The van der Waals surface area contributed by atoms with Crippen molar-refractivity contribution in [3.8, 4) is 5.82 Å². The van der Waals surface area contributed by atoms with Gasteiger partial charge in [-0.1, -0.05) is 31.5 Å². The van der Waals surface area contributed by atoms with Crippen LogP contribution in [0.25, 0.3) is 5.82 Å². The molecule has 0 spiro atoms. The van der Waals surface area contributed by atoms with Crippen LogP contribution in [0.5, 0.6) is 0 Å². The summed E-state index contributed by atoms with van der Waals surface area (Å²) in [5.74, 6) is 1.22. The fourth-order valence-corrected chi connectivity index (χ4v) is 1.46. The van der Waals surface area contributed by atoms with Crippen molar-refractivity contribution in [2.24, 2.45) is 0 Å². The summed E-state index contributed by atoms with van der Waals surface area (Å²) in [6.07, 6.45) is 3.73. The van der Waals surface area contributed by atoms with Crippen molar-refractivity contribution in [3.63, 3.8) is 0 Å². The van der Waals surface area contributed by atoms with E-state index in [1.54, 1.807) is 12.4 Å². The minimum atomic E-state index is 0.422. The molecule has 2 aromatic rings. The van der Waals surface area contributed by atoms with Crippen LogP contribution in [-0.2, 0) is 0 Å². The minimum Gasteiger partial charge on any atom is -0.290 e. The Bertz CT molecular complexity index is 462. The van der Waals surface area contributed by atoms with Gasteiger partial charge in [0.05, 0.1) is 5.69 Å². The summed E-state index contributed by atoms with van der Waals surface area (Å²) in [5.41, 5.74) is 1.05. The Morgan fingerprint density at radius 2 is 2.13 bits per heavy atom. The highest BCUT2D eigenvalue weighted by molar-refractivity contribution is 6.29. The van der Waals surface area contributed by atoms with Crippen LogP contribution in [0.2, 0.25) is 5.15 Å². The molecule has 0 saturated carbocycles. The first-order valence-corrected chi connectivity index (χ1v) is 5.21. The van der Waals surface area contributed by atoms with Gasteiger partial charge in [0.2, 0.25) is 0 Å². The Hall–Kier alpha value is -1.35. The van der Waals surface area contributed by atoms with Gasteiger partial charge in [0.25, 0.3) is 0 Å². The first kappa shape index (κ1) is 10.2. The average molecular weight is 222 g/mol. The van der Waals surface area contributed by atoms with Gasteiger partial charge in [-0.3, -0.25) is 4.57 Å². The Morgan fingerprint density at radius 1 is 1.33 bits per heavy atom. The highest BCUT2D eigenvalue weighted by Gasteiger charge is 2.05. The fourth-order valence-electron chi connectivity index (χ4n) is 1.30. The van der Waals surface area contributed by atoms with Crippen molar-refractivity contribution in [2.75, 3.05) is 0 Å². The molecule has 2 aromatic heterocycles. The van der Waals surface area contributed by atoms with E-state index < -0.39 is 0 Å². The molecule has 0 saturated heterocycles. The Morgan fingerprint density at radius 3 is 2.73 bits per heavy atom. The second kappa shape index (κ2) is 4.03. The van der Waals surface area contributed by atoms with Crippen LogP contribution < -0.4 is 0 Å². The van der Waals surface area contributed by atoms with E-state index in [0.717, 1.165) is 11.5 Å². The summed E-state index contributed by atoms with van der Waals surface area (Å²) in [6.45, 7) is 4.22. The molecule has 3 nitrogen and oxygen atoms in total. The zero-order valence-electron chi connectivity index (χ0n) is 8.68. The lowest BCUT2D eigenvalue weighted by atomic mass is 10.2. The smallest absolute Gasteiger partial charge is 0.139 e. The quantitative estimate of drug-likeness (QED) is 0.730. The van der Waals surface area contributed by atoms with Gasteiger partial charge >= 0.3 is 0 Å². The lowest BCUT2D eigenvalue weighted by Crippen LogP contribution is -1.93. The summed E-state index contributed by atoms with van der Waals surface area (Å²) in [4.78, 5) is 8.51. The fraction of sp³-hybridized carbons (Fsp3) is 0.273. The van der Waals surface area contributed by atoms with Crippen molar-refractivity contribution in [3.05, 3.63) is 41.6 Å². The van der Waals surface area contributed by atoms with Gasteiger partial charge in [-0.05, 0) is 18.1 Å². The van der Waals surface area contributed by atoms with Gasteiger partial charge in [0.15, 0.2) is 0 Å². The van der Waals surface area contributed by atoms with E-state index in [4.69, 9.17) is 11.6 Å². The molecule has 0 radical (unpaired) electrons. The molecule has 0 N–H and O–H groups in total. The lowest BCUT2D eigenvalue weighted by molar-refractivity contribution is 0.831. The average Bonchev–Trinajstić information content (AvgIpc) is 2.66. The van der Waals surface area contributed by atoms with Gasteiger partial charge in [0.1, 0.15) is 17.3 Å². The third-order valence-corrected chi connectivity index (χ3v) is 2.37. The van der Waals surface area contributed by atoms with Crippen molar-refractivity contribution in [1.29, 1.82) is 0 Å². The highest BCUT2D eigenvalue weighted by atomic mass is 35.5. The molecule has 0 aliphatic rings. The molecule has 0 aliphatic carbocycles. The highest BCUT2D eigenvalue weighted by Crippen LogP contribution is 2.14. The maximum absolute atomic E-state index is 5.82. The summed E-state index contributed by atoms with van der Waals surface area (Å²) in [5, 5.41) is 0.493. The second-order valence-electron chi connectivity index (χ2n) is 3.68. The topological polar surface area (TPSA) is 30.7 Å². The third-order valence-electron chi connectivity index (χ3n) is 2.16. The maximum Gasteiger partial charge on any atom is 0.139 e. The van der Waals surface area contributed by atoms with Crippen molar-refractivity contribution in [2.45, 2.75) is 19.8 Å². The van der Waals surface area contributed by atoms with E-state index in [1.165, 1.54) is 0 Å². The SMILES string of the molecule is CC(C)c1cn(-c2cccc(Cl)n2)cn1. The number of rotatable bonds is 2. The summed E-state index contributed by atoms with van der Waals surface area (Å²) in [6, 6.07) is 5.53. The first-order chi connectivity index (χ1) is 7.16. The number of halogens is 1. The molecule has 0 amide bonds. The largest absolute Gasteiger partial charge is 0.290 e. The molecule has 15 heavy (non-hydrogen) atoms. The van der Waals surface area contributed by atoms with Gasteiger partial charge in [-0.25, -0.2) is 9.97 Å². The van der Waals surface area contributed by atoms with Gasteiger partial charge in [-0.2, -0.15) is 0 Å². The van der Waals surface area contributed by atoms with Crippen molar-refractivity contribution < 1.29 is 0 Å². The molecule has 4 heteroatoms. The number of nitrogens with zero attached hydrogens (tertiary/aromatic N) is 3. The van der Waals surface area contributed by atoms with Crippen LogP contribution >= 0.6 is 11.6 Å². The number of pyridine rings is 1. The lowest BCUT2D eigenvalue weighted by Gasteiger charge is -2.00. The van der Waals surface area contributed by atoms with Crippen LogP contribution in [0.15, 0.2) is 30.7 Å². The molecule has 0 bridgehead atoms. The normalized spacial score (nSPS) is 10.9. The summed E-state index contributed by atoms with van der Waals surface area (Å²) < 4.78 is 1.88. The molecule has 0 fully saturated rings. The van der Waals surface area contributed by atoms with E-state index in [9.17, 15) is 0 Å². The monoisotopic (exact) mass is 221 g/mol. The van der Waals surface area contributed by atoms with Gasteiger partial charge in [-0.15, -0.1) is 0 Å². The van der Waals surface area contributed by atoms with Crippen LogP contribution in [0, 0.1) is 0 Å². The zero-order chi connectivity index (χ0) is 10.8. The Balaban J connectivity index is 2.37. The first-order valence-electron chi connectivity index (χ1n) is 4.83. The van der Waals surface area contributed by atoms with Crippen LogP contribution in [0.1, 0.15) is 25.5 Å². The van der Waals surface area contributed by atoms with Crippen molar-refractivity contribution >= 4 is 11.6 Å². The van der Waals surface area contributed by atoms with Gasteiger partial charge in [0, 0.05) is 6.20 Å². The summed E-state index contributed by atoms with van der Waals surface area (Å²) >= 11 is 5.82. The molecule has 2 heterocycles. The zero-order valence-corrected chi connectivity index (χ0v) is 9.44. The molecular formula is C11H12ClN3. The molecular weight excluding hydrogens is 210 g/mol. The standard InChI is InChI=1S/C11H12ClN3/c1-8(2)9-6-15(7-13-9)11-5-3-4-10(12)14-11/h3-8H,1-2H3. The van der Waals surface area contributed by atoms with Gasteiger partial charge < -0.3 is 0 Å². The van der Waals surface area contributed by atoms with E-state index >= 15 is 0 Å². The molecule has 0 unspecified atom stereocenters. The maximum atomic E-state index is 5.82. The number of imidazole rings is 1. The van der Waals surface area contributed by atoms with E-state index in [2.05, 4.69) is 23.8 Å². The molecule has 2 rings (SSSR count). The van der Waals surface area contributed by atoms with E-state index in [0.29, 0.717) is 11.1 Å². The van der Waals surface area contributed by atoms with E-state index in [-0.39, 0.29) is 0 Å². The predicted octanol–water partition coefficient (Wildman–Crippen LogP) is 3.04. The number of hydrogen-bond donors (Lipinski definition) is 0. The minimum absolute atomic E-state index is 0.422. The van der Waals surface area contributed by atoms with Crippen molar-refractivity contribution in [1.82, 2.24) is 14.5 Å². The van der Waals surface area contributed by atoms with E-state index in [1.807, 2.05) is 22.9 Å². The molecule has 0 atom stereocenters. The Labute approximate surface area is 93.7 Å². The van der Waals surface area contributed by atoms with Crippen LogP contribution in [-0.4, -0.2) is 14.5 Å². The second-order valence-corrected chi connectivity index (χ2v) is 4.07. The molecule has 0 aliphatic heterocycles. The third kappa shape index (κ3) is 2.18. The summed E-state index contributed by atoms with van der Waals surface area (Å²) in [7, 11) is 0. The Kier molecular flexibility index (Phi) is 2.73. The van der Waals surface area contributed by atoms with Crippen LogP contribution in [0.3, 0.4) is 0 Å². The number of hydrogen-bond acceptors (Lipinski definition) is 2. The predicted molar refractivity (Wildman–Crippen MR) is 60.5 cm³/mol. The molecule has 0 aromatic carbocycles. The number of aromatic nitrogens is 3.